The molecule has 0 saturated heterocycles. The van der Waals surface area contributed by atoms with E-state index in [0.29, 0.717) is 5.02 Å². The van der Waals surface area contributed by atoms with Crippen molar-refractivity contribution >= 4 is 11.6 Å². The van der Waals surface area contributed by atoms with Crippen LogP contribution >= 0.6 is 11.6 Å². The Bertz CT molecular complexity index is 348. The molecule has 0 aromatic heterocycles. The smallest absolute Gasteiger partial charge is 0.187 e. The first-order valence-electron chi connectivity index (χ1n) is 5.36. The second-order valence-electron chi connectivity index (χ2n) is 3.76. The summed E-state index contributed by atoms with van der Waals surface area (Å²) in [6.45, 7) is 2.12. The molecule has 0 aliphatic heterocycles. The highest BCUT2D eigenvalue weighted by Crippen LogP contribution is 2.24. The van der Waals surface area contributed by atoms with Crippen LogP contribution in [0.15, 0.2) is 36.6 Å². The van der Waals surface area contributed by atoms with Gasteiger partial charge in [-0.3, -0.25) is 0 Å². The topological polar surface area (TPSA) is 38.7 Å². The maximum absolute atomic E-state index is 10.1. The summed E-state index contributed by atoms with van der Waals surface area (Å²) in [5.74, 6) is -0.0481. The van der Waals surface area contributed by atoms with E-state index in [1.807, 2.05) is 19.1 Å². The minimum absolute atomic E-state index is 0.0481. The normalized spacial score (nSPS) is 14.8. The minimum atomic E-state index is -0.574. The van der Waals surface area contributed by atoms with Crippen LogP contribution in [0.3, 0.4) is 0 Å². The Labute approximate surface area is 107 Å². The lowest BCUT2D eigenvalue weighted by atomic mass is 9.98. The predicted octanol–water partition coefficient (Wildman–Crippen LogP) is 3.14. The van der Waals surface area contributed by atoms with Crippen LogP contribution in [-0.4, -0.2) is 19.0 Å². The molecule has 0 spiro atoms. The van der Waals surface area contributed by atoms with Gasteiger partial charge >= 0.3 is 0 Å². The van der Waals surface area contributed by atoms with Gasteiger partial charge in [0.25, 0.3) is 0 Å². The number of hydrogen-bond acceptors (Lipinski definition) is 3. The maximum Gasteiger partial charge on any atom is 0.187 e. The van der Waals surface area contributed by atoms with Gasteiger partial charge < -0.3 is 14.6 Å². The Morgan fingerprint density at radius 3 is 2.59 bits per heavy atom. The summed E-state index contributed by atoms with van der Waals surface area (Å²) >= 11 is 5.78. The third-order valence-corrected chi connectivity index (χ3v) is 2.63. The summed E-state index contributed by atoms with van der Waals surface area (Å²) in [6, 6.07) is 7.15. The molecule has 1 aromatic carbocycles. The van der Waals surface area contributed by atoms with Gasteiger partial charge in [0.2, 0.25) is 0 Å². The van der Waals surface area contributed by atoms with Gasteiger partial charge in [-0.15, -0.1) is 0 Å². The van der Waals surface area contributed by atoms with Crippen molar-refractivity contribution in [1.29, 1.82) is 0 Å². The highest BCUT2D eigenvalue weighted by molar-refractivity contribution is 6.30. The quantitative estimate of drug-likeness (QED) is 0.483. The van der Waals surface area contributed by atoms with Gasteiger partial charge in [-0.1, -0.05) is 30.7 Å². The van der Waals surface area contributed by atoms with Crippen LogP contribution in [0.2, 0.25) is 5.02 Å². The molecule has 0 saturated carbocycles. The van der Waals surface area contributed by atoms with Gasteiger partial charge in [0.1, 0.15) is 0 Å². The number of aliphatic hydroxyl groups is 1. The Hall–Kier alpha value is -1.03. The second-order valence-corrected chi connectivity index (χ2v) is 4.19. The molecule has 2 atom stereocenters. The number of methoxy groups -OCH3 is 1. The lowest BCUT2D eigenvalue weighted by Crippen LogP contribution is -2.06. The SMILES string of the molecule is COCO/C=C\[C@H](C)[C@H](O)c1ccc(Cl)cc1. The molecule has 0 heterocycles. The fourth-order valence-electron chi connectivity index (χ4n) is 1.36. The average Bonchev–Trinajstić information content (AvgIpc) is 2.34. The zero-order valence-corrected chi connectivity index (χ0v) is 10.7. The molecule has 0 aliphatic rings. The summed E-state index contributed by atoms with van der Waals surface area (Å²) in [6.07, 6.45) is 2.75. The molecule has 0 aliphatic carbocycles. The zero-order chi connectivity index (χ0) is 12.7. The van der Waals surface area contributed by atoms with Crippen LogP contribution in [0.1, 0.15) is 18.6 Å². The summed E-state index contributed by atoms with van der Waals surface area (Å²) in [5, 5.41) is 10.7. The average molecular weight is 257 g/mol. The van der Waals surface area contributed by atoms with Crippen LogP contribution in [0.4, 0.5) is 0 Å². The van der Waals surface area contributed by atoms with E-state index in [1.54, 1.807) is 25.3 Å². The van der Waals surface area contributed by atoms with Crippen LogP contribution in [0.25, 0.3) is 0 Å². The molecule has 4 heteroatoms. The lowest BCUT2D eigenvalue weighted by Gasteiger charge is -2.15. The minimum Gasteiger partial charge on any atom is -0.475 e. The molecule has 1 aromatic rings. The van der Waals surface area contributed by atoms with Crippen molar-refractivity contribution in [3.05, 3.63) is 47.2 Å². The highest BCUT2D eigenvalue weighted by Gasteiger charge is 2.13. The van der Waals surface area contributed by atoms with Crippen molar-refractivity contribution in [1.82, 2.24) is 0 Å². The van der Waals surface area contributed by atoms with Gasteiger partial charge in [0, 0.05) is 18.1 Å². The van der Waals surface area contributed by atoms with E-state index < -0.39 is 6.10 Å². The second kappa shape index (κ2) is 7.33. The van der Waals surface area contributed by atoms with Crippen LogP contribution < -0.4 is 0 Å². The molecular formula is C13H17ClO3. The first kappa shape index (κ1) is 14.0. The largest absolute Gasteiger partial charge is 0.475 e. The highest BCUT2D eigenvalue weighted by atomic mass is 35.5. The Kier molecular flexibility index (Phi) is 6.05. The molecule has 17 heavy (non-hydrogen) atoms. The summed E-state index contributed by atoms with van der Waals surface area (Å²) in [4.78, 5) is 0. The van der Waals surface area contributed by atoms with E-state index in [0.717, 1.165) is 5.56 Å². The molecular weight excluding hydrogens is 240 g/mol. The number of aliphatic hydroxyl groups excluding tert-OH is 1. The van der Waals surface area contributed by atoms with E-state index in [9.17, 15) is 5.11 Å². The monoisotopic (exact) mass is 256 g/mol. The van der Waals surface area contributed by atoms with E-state index in [2.05, 4.69) is 0 Å². The number of halogens is 1. The summed E-state index contributed by atoms with van der Waals surface area (Å²) in [7, 11) is 1.56. The molecule has 94 valence electrons. The van der Waals surface area contributed by atoms with Gasteiger partial charge in [-0.05, 0) is 23.8 Å². The van der Waals surface area contributed by atoms with Crippen molar-refractivity contribution in [2.24, 2.45) is 5.92 Å². The third-order valence-electron chi connectivity index (χ3n) is 2.37. The van der Waals surface area contributed by atoms with Crippen molar-refractivity contribution < 1.29 is 14.6 Å². The van der Waals surface area contributed by atoms with Crippen molar-refractivity contribution in [3.8, 4) is 0 Å². The molecule has 3 nitrogen and oxygen atoms in total. The predicted molar refractivity (Wildman–Crippen MR) is 67.7 cm³/mol. The van der Waals surface area contributed by atoms with E-state index in [1.165, 1.54) is 6.26 Å². The Balaban J connectivity index is 2.54. The number of ether oxygens (including phenoxy) is 2. The first-order chi connectivity index (χ1) is 8.15. The first-order valence-corrected chi connectivity index (χ1v) is 5.73. The van der Waals surface area contributed by atoms with Crippen LogP contribution in [0, 0.1) is 5.92 Å². The standard InChI is InChI=1S/C13H17ClO3/c1-10(7-8-17-9-16-2)13(15)11-3-5-12(14)6-4-11/h3-8,10,13,15H,9H2,1-2H3/b8-7-/t10-,13-/m0/s1. The van der Waals surface area contributed by atoms with Crippen LogP contribution in [-0.2, 0) is 9.47 Å². The molecule has 0 radical (unpaired) electrons. The van der Waals surface area contributed by atoms with E-state index >= 15 is 0 Å². The fraction of sp³-hybridized carbons (Fsp3) is 0.385. The van der Waals surface area contributed by atoms with Gasteiger partial charge in [0.15, 0.2) is 6.79 Å². The molecule has 0 unspecified atom stereocenters. The van der Waals surface area contributed by atoms with Crippen LogP contribution in [0.5, 0.6) is 0 Å². The molecule has 1 N–H and O–H groups in total. The van der Waals surface area contributed by atoms with E-state index in [4.69, 9.17) is 21.1 Å². The third kappa shape index (κ3) is 4.77. The number of hydrogen-bond donors (Lipinski definition) is 1. The zero-order valence-electron chi connectivity index (χ0n) is 9.97. The lowest BCUT2D eigenvalue weighted by molar-refractivity contribution is 0.0186. The summed E-state index contributed by atoms with van der Waals surface area (Å²) in [5.41, 5.74) is 0.832. The van der Waals surface area contributed by atoms with Crippen molar-refractivity contribution in [2.45, 2.75) is 13.0 Å². The van der Waals surface area contributed by atoms with Crippen molar-refractivity contribution in [3.63, 3.8) is 0 Å². The molecule has 0 fully saturated rings. The molecule has 0 amide bonds. The van der Waals surface area contributed by atoms with E-state index in [-0.39, 0.29) is 12.7 Å². The van der Waals surface area contributed by atoms with Gasteiger partial charge in [0.05, 0.1) is 12.4 Å². The summed E-state index contributed by atoms with van der Waals surface area (Å²) < 4.78 is 9.75. The van der Waals surface area contributed by atoms with Gasteiger partial charge in [-0.2, -0.15) is 0 Å². The fourth-order valence-corrected chi connectivity index (χ4v) is 1.48. The molecule has 0 bridgehead atoms. The Morgan fingerprint density at radius 1 is 1.35 bits per heavy atom. The number of benzene rings is 1. The van der Waals surface area contributed by atoms with Gasteiger partial charge in [-0.25, -0.2) is 0 Å². The maximum atomic E-state index is 10.1. The number of rotatable bonds is 6. The van der Waals surface area contributed by atoms with Crippen molar-refractivity contribution in [2.75, 3.05) is 13.9 Å². The Morgan fingerprint density at radius 2 is 2.00 bits per heavy atom. The molecule has 1 rings (SSSR count).